The molecule has 0 bridgehead atoms. The molecule has 1 aliphatic rings. The molecule has 2 nitrogen and oxygen atoms in total. The Balaban J connectivity index is 0.000000131. The standard InChI is InChI=1S/C10H13N.C10H9N/c2*1-8-6-7-9-4-2-3-5-10(9)11-8/h6-7H,2-5H2,1H3;2-7H,1H3. The van der Waals surface area contributed by atoms with E-state index < -0.39 is 0 Å². The molecule has 2 heteroatoms. The monoisotopic (exact) mass is 290 g/mol. The van der Waals surface area contributed by atoms with E-state index in [0.29, 0.717) is 0 Å². The zero-order valence-corrected chi connectivity index (χ0v) is 13.3. The Hall–Kier alpha value is -2.22. The molecule has 0 N–H and O–H groups in total. The van der Waals surface area contributed by atoms with E-state index in [1.54, 1.807) is 0 Å². The van der Waals surface area contributed by atoms with Crippen LogP contribution in [0.3, 0.4) is 0 Å². The molecule has 4 rings (SSSR count). The molecule has 0 fully saturated rings. The third-order valence-electron chi connectivity index (χ3n) is 4.06. The predicted octanol–water partition coefficient (Wildman–Crippen LogP) is 4.81. The first-order valence-electron chi connectivity index (χ1n) is 8.00. The van der Waals surface area contributed by atoms with Gasteiger partial charge in [-0.2, -0.15) is 0 Å². The summed E-state index contributed by atoms with van der Waals surface area (Å²) in [5.74, 6) is 0. The molecule has 0 atom stereocenters. The Kier molecular flexibility index (Phi) is 4.47. The van der Waals surface area contributed by atoms with Crippen LogP contribution < -0.4 is 0 Å². The Morgan fingerprint density at radius 1 is 0.727 bits per heavy atom. The number of nitrogens with zero attached hydrogens (tertiary/aromatic N) is 2. The summed E-state index contributed by atoms with van der Waals surface area (Å²) in [6.07, 6.45) is 5.10. The number of aryl methyl sites for hydroxylation is 4. The van der Waals surface area contributed by atoms with Gasteiger partial charge in [0.2, 0.25) is 0 Å². The summed E-state index contributed by atoms with van der Waals surface area (Å²) in [6.45, 7) is 4.07. The Bertz CT molecular complexity index is 778. The van der Waals surface area contributed by atoms with Gasteiger partial charge in [0.25, 0.3) is 0 Å². The van der Waals surface area contributed by atoms with E-state index in [-0.39, 0.29) is 0 Å². The second-order valence-corrected chi connectivity index (χ2v) is 5.91. The van der Waals surface area contributed by atoms with Crippen LogP contribution in [0.25, 0.3) is 10.9 Å². The number of hydrogen-bond donors (Lipinski definition) is 0. The van der Waals surface area contributed by atoms with Gasteiger partial charge in [-0.05, 0) is 63.3 Å². The molecule has 0 saturated carbocycles. The molecule has 0 saturated heterocycles. The molecule has 1 aromatic carbocycles. The number of benzene rings is 1. The van der Waals surface area contributed by atoms with Crippen molar-refractivity contribution in [3.05, 3.63) is 71.2 Å². The number of rotatable bonds is 0. The quantitative estimate of drug-likeness (QED) is 0.593. The lowest BCUT2D eigenvalue weighted by Crippen LogP contribution is -2.05. The summed E-state index contributed by atoms with van der Waals surface area (Å²) < 4.78 is 0. The zero-order valence-electron chi connectivity index (χ0n) is 13.3. The fraction of sp³-hybridized carbons (Fsp3) is 0.300. The smallest absolute Gasteiger partial charge is 0.0705 e. The normalized spacial score (nSPS) is 13.2. The number of hydrogen-bond acceptors (Lipinski definition) is 2. The maximum atomic E-state index is 4.51. The predicted molar refractivity (Wildman–Crippen MR) is 92.1 cm³/mol. The molecule has 3 aromatic rings. The minimum atomic E-state index is 1.07. The highest BCUT2D eigenvalue weighted by molar-refractivity contribution is 5.78. The fourth-order valence-corrected chi connectivity index (χ4v) is 2.86. The highest BCUT2D eigenvalue weighted by atomic mass is 14.7. The van der Waals surface area contributed by atoms with E-state index in [1.807, 2.05) is 31.2 Å². The average molecular weight is 290 g/mol. The Morgan fingerprint density at radius 2 is 1.45 bits per heavy atom. The van der Waals surface area contributed by atoms with E-state index in [1.165, 1.54) is 42.3 Å². The molecule has 0 unspecified atom stereocenters. The summed E-state index contributed by atoms with van der Waals surface area (Å²) in [6, 6.07) is 16.6. The van der Waals surface area contributed by atoms with Crippen molar-refractivity contribution in [3.8, 4) is 0 Å². The van der Waals surface area contributed by atoms with Crippen LogP contribution in [-0.4, -0.2) is 9.97 Å². The van der Waals surface area contributed by atoms with Crippen molar-refractivity contribution in [2.24, 2.45) is 0 Å². The van der Waals surface area contributed by atoms with Crippen molar-refractivity contribution >= 4 is 10.9 Å². The largest absolute Gasteiger partial charge is 0.258 e. The molecule has 0 spiro atoms. The molecular weight excluding hydrogens is 268 g/mol. The maximum absolute atomic E-state index is 4.51. The molecule has 22 heavy (non-hydrogen) atoms. The van der Waals surface area contributed by atoms with E-state index in [9.17, 15) is 0 Å². The van der Waals surface area contributed by atoms with E-state index in [2.05, 4.69) is 41.2 Å². The molecule has 0 amide bonds. The van der Waals surface area contributed by atoms with Crippen molar-refractivity contribution in [3.63, 3.8) is 0 Å². The van der Waals surface area contributed by atoms with Gasteiger partial charge in [0.1, 0.15) is 0 Å². The minimum Gasteiger partial charge on any atom is -0.258 e. The van der Waals surface area contributed by atoms with Crippen LogP contribution in [0.4, 0.5) is 0 Å². The summed E-state index contributed by atoms with van der Waals surface area (Å²) in [4.78, 5) is 8.89. The average Bonchev–Trinajstić information content (AvgIpc) is 2.55. The van der Waals surface area contributed by atoms with Gasteiger partial charge in [-0.1, -0.05) is 30.3 Å². The summed E-state index contributed by atoms with van der Waals surface area (Å²) in [5, 5.41) is 1.21. The topological polar surface area (TPSA) is 25.8 Å². The van der Waals surface area contributed by atoms with Gasteiger partial charge >= 0.3 is 0 Å². The lowest BCUT2D eigenvalue weighted by Gasteiger charge is -2.14. The Morgan fingerprint density at radius 3 is 2.36 bits per heavy atom. The minimum absolute atomic E-state index is 1.07. The second kappa shape index (κ2) is 6.69. The molecule has 2 heterocycles. The van der Waals surface area contributed by atoms with Crippen LogP contribution >= 0.6 is 0 Å². The molecule has 112 valence electrons. The number of aromatic nitrogens is 2. The molecule has 0 aliphatic heterocycles. The lowest BCUT2D eigenvalue weighted by molar-refractivity contribution is 0.665. The summed E-state index contributed by atoms with van der Waals surface area (Å²) in [5.41, 5.74) is 6.12. The SMILES string of the molecule is Cc1ccc2c(n1)CCCC2.Cc1ccc2ccccc2n1. The highest BCUT2D eigenvalue weighted by Gasteiger charge is 2.09. The summed E-state index contributed by atoms with van der Waals surface area (Å²) >= 11 is 0. The number of pyridine rings is 2. The van der Waals surface area contributed by atoms with Crippen LogP contribution in [0.2, 0.25) is 0 Å². The second-order valence-electron chi connectivity index (χ2n) is 5.91. The maximum Gasteiger partial charge on any atom is 0.0705 e. The Labute approximate surface area is 132 Å². The van der Waals surface area contributed by atoms with E-state index in [4.69, 9.17) is 0 Å². The summed E-state index contributed by atoms with van der Waals surface area (Å²) in [7, 11) is 0. The first-order valence-corrected chi connectivity index (χ1v) is 8.00. The number of fused-ring (bicyclic) bond motifs is 2. The van der Waals surface area contributed by atoms with Gasteiger partial charge in [0.05, 0.1) is 5.52 Å². The molecule has 1 aliphatic carbocycles. The lowest BCUT2D eigenvalue weighted by atomic mass is 9.96. The third kappa shape index (κ3) is 3.51. The van der Waals surface area contributed by atoms with Crippen molar-refractivity contribution in [1.29, 1.82) is 0 Å². The van der Waals surface area contributed by atoms with Crippen LogP contribution in [0, 0.1) is 13.8 Å². The van der Waals surface area contributed by atoms with Gasteiger partial charge in [-0.15, -0.1) is 0 Å². The highest BCUT2D eigenvalue weighted by Crippen LogP contribution is 2.19. The van der Waals surface area contributed by atoms with Crippen molar-refractivity contribution in [2.75, 3.05) is 0 Å². The van der Waals surface area contributed by atoms with E-state index in [0.717, 1.165) is 16.9 Å². The van der Waals surface area contributed by atoms with Crippen molar-refractivity contribution in [1.82, 2.24) is 9.97 Å². The van der Waals surface area contributed by atoms with Crippen LogP contribution in [0.5, 0.6) is 0 Å². The number of para-hydroxylation sites is 1. The van der Waals surface area contributed by atoms with Crippen LogP contribution in [0.1, 0.15) is 35.5 Å². The van der Waals surface area contributed by atoms with Crippen LogP contribution in [0.15, 0.2) is 48.5 Å². The van der Waals surface area contributed by atoms with Gasteiger partial charge in [0, 0.05) is 22.5 Å². The van der Waals surface area contributed by atoms with Gasteiger partial charge in [-0.25, -0.2) is 0 Å². The van der Waals surface area contributed by atoms with Crippen LogP contribution in [-0.2, 0) is 12.8 Å². The van der Waals surface area contributed by atoms with Gasteiger partial charge in [-0.3, -0.25) is 9.97 Å². The van der Waals surface area contributed by atoms with Gasteiger partial charge in [0.15, 0.2) is 0 Å². The van der Waals surface area contributed by atoms with Crippen molar-refractivity contribution in [2.45, 2.75) is 39.5 Å². The first-order chi connectivity index (χ1) is 10.7. The third-order valence-corrected chi connectivity index (χ3v) is 4.06. The van der Waals surface area contributed by atoms with Crippen molar-refractivity contribution < 1.29 is 0 Å². The molecular formula is C20H22N2. The molecule has 0 radical (unpaired) electrons. The molecule has 2 aromatic heterocycles. The zero-order chi connectivity index (χ0) is 15.4. The van der Waals surface area contributed by atoms with E-state index >= 15 is 0 Å². The fourth-order valence-electron chi connectivity index (χ4n) is 2.86. The first kappa shape index (κ1) is 14.7. The van der Waals surface area contributed by atoms with Gasteiger partial charge < -0.3 is 0 Å².